The van der Waals surface area contributed by atoms with Crippen LogP contribution in [0.25, 0.3) is 0 Å². The van der Waals surface area contributed by atoms with Gasteiger partial charge in [-0.2, -0.15) is 0 Å². The van der Waals surface area contributed by atoms with Crippen LogP contribution in [0.3, 0.4) is 0 Å². The molecule has 0 spiro atoms. The van der Waals surface area contributed by atoms with E-state index in [2.05, 4.69) is 9.72 Å². The lowest BCUT2D eigenvalue weighted by Gasteiger charge is -2.28. The van der Waals surface area contributed by atoms with Crippen molar-refractivity contribution < 1.29 is 26.3 Å². The number of sulfonamides is 1. The highest BCUT2D eigenvalue weighted by atomic mass is 32.2. The minimum Gasteiger partial charge on any atom is -0.404 e. The molecule has 0 saturated heterocycles. The molecule has 0 fully saturated rings. The lowest BCUT2D eigenvalue weighted by molar-refractivity contribution is -0.275. The van der Waals surface area contributed by atoms with Crippen LogP contribution in [-0.2, 0) is 23.0 Å². The number of rotatable bonds is 5. The van der Waals surface area contributed by atoms with Crippen LogP contribution in [0.5, 0.6) is 5.75 Å². The summed E-state index contributed by atoms with van der Waals surface area (Å²) in [6.45, 7) is 0.816. The predicted octanol–water partition coefficient (Wildman–Crippen LogP) is 2.66. The van der Waals surface area contributed by atoms with Gasteiger partial charge < -0.3 is 9.30 Å². The van der Waals surface area contributed by atoms with Gasteiger partial charge in [-0.3, -0.25) is 0 Å². The molecule has 26 heavy (non-hydrogen) atoms. The van der Waals surface area contributed by atoms with Crippen LogP contribution in [0.15, 0.2) is 41.6 Å². The number of hydrogen-bond donors (Lipinski definition) is 0. The van der Waals surface area contributed by atoms with Crippen molar-refractivity contribution >= 4 is 10.0 Å². The first-order valence-corrected chi connectivity index (χ1v) is 9.42. The van der Waals surface area contributed by atoms with E-state index >= 15 is 0 Å². The van der Waals surface area contributed by atoms with Gasteiger partial charge in [0.15, 0.2) is 0 Å². The smallest absolute Gasteiger partial charge is 0.404 e. The van der Waals surface area contributed by atoms with E-state index < -0.39 is 27.0 Å². The molecule has 2 heterocycles. The van der Waals surface area contributed by atoms with Crippen LogP contribution in [0.2, 0.25) is 0 Å². The van der Waals surface area contributed by atoms with Crippen molar-refractivity contribution in [1.29, 1.82) is 0 Å². The number of alkyl halides is 3. The van der Waals surface area contributed by atoms with E-state index in [0.29, 0.717) is 6.54 Å². The van der Waals surface area contributed by atoms with Crippen molar-refractivity contribution in [3.05, 3.63) is 42.5 Å². The molecule has 142 valence electrons. The second-order valence-corrected chi connectivity index (χ2v) is 8.19. The Labute approximate surface area is 149 Å². The fourth-order valence-electron chi connectivity index (χ4n) is 3.09. The highest BCUT2D eigenvalue weighted by Gasteiger charge is 2.35. The SMILES string of the molecule is CN(C[C@H]1CCc2nccn2C1)S(=O)(=O)c1ccccc1OC(F)(F)F. The van der Waals surface area contributed by atoms with Gasteiger partial charge in [0.05, 0.1) is 0 Å². The van der Waals surface area contributed by atoms with Crippen molar-refractivity contribution in [2.24, 2.45) is 5.92 Å². The molecule has 1 aliphatic heterocycles. The number of fused-ring (bicyclic) bond motifs is 1. The van der Waals surface area contributed by atoms with Gasteiger partial charge in [-0.15, -0.1) is 13.2 Å². The molecule has 0 radical (unpaired) electrons. The van der Waals surface area contributed by atoms with Gasteiger partial charge in [0.1, 0.15) is 16.5 Å². The minimum absolute atomic E-state index is 0.0483. The monoisotopic (exact) mass is 389 g/mol. The van der Waals surface area contributed by atoms with Crippen molar-refractivity contribution in [2.75, 3.05) is 13.6 Å². The third-order valence-electron chi connectivity index (χ3n) is 4.31. The second kappa shape index (κ2) is 6.92. The molecule has 0 aliphatic carbocycles. The van der Waals surface area contributed by atoms with E-state index in [1.54, 1.807) is 6.20 Å². The summed E-state index contributed by atoms with van der Waals surface area (Å²) in [7, 11) is -2.76. The molecule has 1 aromatic carbocycles. The number of nitrogens with zero attached hydrogens (tertiary/aromatic N) is 3. The Balaban J connectivity index is 1.78. The highest BCUT2D eigenvalue weighted by Crippen LogP contribution is 2.31. The van der Waals surface area contributed by atoms with Crippen molar-refractivity contribution in [2.45, 2.75) is 30.6 Å². The van der Waals surface area contributed by atoms with E-state index in [1.807, 2.05) is 10.8 Å². The van der Waals surface area contributed by atoms with Crippen molar-refractivity contribution in [1.82, 2.24) is 13.9 Å². The van der Waals surface area contributed by atoms with E-state index in [4.69, 9.17) is 0 Å². The summed E-state index contributed by atoms with van der Waals surface area (Å²) in [5, 5.41) is 0. The summed E-state index contributed by atoms with van der Waals surface area (Å²) >= 11 is 0. The van der Waals surface area contributed by atoms with Gasteiger partial charge >= 0.3 is 6.36 Å². The van der Waals surface area contributed by atoms with Gasteiger partial charge in [0, 0.05) is 39.0 Å². The summed E-state index contributed by atoms with van der Waals surface area (Å²) in [6.07, 6.45) is 0.0631. The zero-order chi connectivity index (χ0) is 18.9. The average Bonchev–Trinajstić information content (AvgIpc) is 3.01. The number of hydrogen-bond acceptors (Lipinski definition) is 4. The van der Waals surface area contributed by atoms with Crippen molar-refractivity contribution in [3.8, 4) is 5.75 Å². The summed E-state index contributed by atoms with van der Waals surface area (Å²) in [5.74, 6) is 0.273. The first-order chi connectivity index (χ1) is 12.2. The lowest BCUT2D eigenvalue weighted by atomic mass is 10.00. The third-order valence-corrected chi connectivity index (χ3v) is 6.17. The highest BCUT2D eigenvalue weighted by molar-refractivity contribution is 7.89. The van der Waals surface area contributed by atoms with Crippen LogP contribution in [0.1, 0.15) is 12.2 Å². The average molecular weight is 389 g/mol. The molecule has 10 heteroatoms. The van der Waals surface area contributed by atoms with Gasteiger partial charge in [-0.05, 0) is 24.5 Å². The molecule has 2 aromatic rings. The molecule has 0 N–H and O–H groups in total. The van der Waals surface area contributed by atoms with E-state index in [1.165, 1.54) is 19.2 Å². The molecule has 0 bridgehead atoms. The van der Waals surface area contributed by atoms with Gasteiger partial charge in [-0.1, -0.05) is 12.1 Å². The van der Waals surface area contributed by atoms with Crippen molar-refractivity contribution in [3.63, 3.8) is 0 Å². The molecule has 1 aromatic heterocycles. The van der Waals surface area contributed by atoms with E-state index in [0.717, 1.165) is 35.1 Å². The number of para-hydroxylation sites is 1. The Hall–Kier alpha value is -2.07. The fourth-order valence-corrected chi connectivity index (χ4v) is 4.45. The topological polar surface area (TPSA) is 64.4 Å². The number of ether oxygens (including phenoxy) is 1. The number of aromatic nitrogens is 2. The van der Waals surface area contributed by atoms with E-state index in [9.17, 15) is 21.6 Å². The molecule has 6 nitrogen and oxygen atoms in total. The molecule has 3 rings (SSSR count). The second-order valence-electron chi connectivity index (χ2n) is 6.18. The summed E-state index contributed by atoms with van der Waals surface area (Å²) in [4.78, 5) is 3.72. The Bertz CT molecular complexity index is 880. The van der Waals surface area contributed by atoms with Gasteiger partial charge in [-0.25, -0.2) is 17.7 Å². The quantitative estimate of drug-likeness (QED) is 0.789. The summed E-state index contributed by atoms with van der Waals surface area (Å²) in [5.41, 5.74) is 0. The molecule has 0 unspecified atom stereocenters. The van der Waals surface area contributed by atoms with Crippen LogP contribution in [0, 0.1) is 5.92 Å². The van der Waals surface area contributed by atoms with Crippen LogP contribution in [0.4, 0.5) is 13.2 Å². The molecule has 1 aliphatic rings. The third kappa shape index (κ3) is 4.01. The van der Waals surface area contributed by atoms with Crippen LogP contribution in [-0.4, -0.2) is 42.2 Å². The number of imidazole rings is 1. The Kier molecular flexibility index (Phi) is 4.98. The standard InChI is InChI=1S/C16H18F3N3O3S/c1-21(10-12-6-7-15-20-8-9-22(15)11-12)26(23,24)14-5-3-2-4-13(14)25-16(17,18)19/h2-5,8-9,12H,6-7,10-11H2,1H3/t12-/m1/s1. The number of halogens is 3. The Morgan fingerprint density at radius 3 is 2.81 bits per heavy atom. The maximum atomic E-state index is 12.8. The van der Waals surface area contributed by atoms with Crippen LogP contribution >= 0.6 is 0 Å². The number of benzene rings is 1. The lowest BCUT2D eigenvalue weighted by Crippen LogP contribution is -2.35. The summed E-state index contributed by atoms with van der Waals surface area (Å²) < 4.78 is 70.1. The molecule has 0 saturated carbocycles. The Morgan fingerprint density at radius 1 is 1.35 bits per heavy atom. The molecule has 0 amide bonds. The van der Waals surface area contributed by atoms with E-state index in [-0.39, 0.29) is 12.5 Å². The minimum atomic E-state index is -4.97. The van der Waals surface area contributed by atoms with Gasteiger partial charge in [0.2, 0.25) is 10.0 Å². The zero-order valence-electron chi connectivity index (χ0n) is 14.0. The Morgan fingerprint density at radius 2 is 2.08 bits per heavy atom. The maximum Gasteiger partial charge on any atom is 0.573 e. The largest absolute Gasteiger partial charge is 0.573 e. The molecular formula is C16H18F3N3O3S. The first-order valence-electron chi connectivity index (χ1n) is 7.98. The first kappa shape index (κ1) is 18.7. The molecular weight excluding hydrogens is 371 g/mol. The van der Waals surface area contributed by atoms with Gasteiger partial charge in [0.25, 0.3) is 0 Å². The summed E-state index contributed by atoms with van der Waals surface area (Å²) in [6, 6.07) is 4.76. The number of aryl methyl sites for hydroxylation is 1. The maximum absolute atomic E-state index is 12.8. The fraction of sp³-hybridized carbons (Fsp3) is 0.438. The van der Waals surface area contributed by atoms with Crippen LogP contribution < -0.4 is 4.74 Å². The zero-order valence-corrected chi connectivity index (χ0v) is 14.8. The molecule has 1 atom stereocenters. The predicted molar refractivity (Wildman–Crippen MR) is 87.0 cm³/mol. The normalized spacial score (nSPS) is 18.0.